The maximum Gasteiger partial charge on any atom is 0.277 e. The Kier molecular flexibility index (Phi) is 5.00. The third-order valence-electron chi connectivity index (χ3n) is 4.39. The third-order valence-corrected chi connectivity index (χ3v) is 4.39. The molecule has 1 fully saturated rings. The number of halogens is 1. The highest BCUT2D eigenvalue weighted by Crippen LogP contribution is 2.32. The van der Waals surface area contributed by atoms with Crippen molar-refractivity contribution in [3.63, 3.8) is 0 Å². The second kappa shape index (κ2) is 7.20. The monoisotopic (exact) mass is 349 g/mol. The van der Waals surface area contributed by atoms with Crippen LogP contribution in [0.5, 0.6) is 0 Å². The minimum Gasteiger partial charge on any atom is -0.395 e. The van der Waals surface area contributed by atoms with Crippen LogP contribution in [-0.2, 0) is 9.59 Å². The Morgan fingerprint density at radius 1 is 1.24 bits per heavy atom. The normalized spacial score (nSPS) is 18.8. The Morgan fingerprint density at radius 2 is 1.96 bits per heavy atom. The molecule has 134 valence electrons. The number of carbonyl (C=O) groups excluding carboxylic acids is 2. The first-order valence-electron chi connectivity index (χ1n) is 8.18. The molecule has 0 radical (unpaired) electrons. The molecule has 0 unspecified atom stereocenters. The van der Waals surface area contributed by atoms with Gasteiger partial charge in [0.1, 0.15) is 11.5 Å². The van der Waals surface area contributed by atoms with Gasteiger partial charge in [-0.2, -0.15) is 0 Å². The van der Waals surface area contributed by atoms with Gasteiger partial charge in [0.05, 0.1) is 30.6 Å². The summed E-state index contributed by atoms with van der Waals surface area (Å²) in [5.74, 6) is -1.67. The molecule has 0 bridgehead atoms. The van der Waals surface area contributed by atoms with E-state index in [1.165, 1.54) is 6.07 Å². The number of hydrogen-bond acceptors (Lipinski definition) is 6. The van der Waals surface area contributed by atoms with Crippen LogP contribution < -0.4 is 10.2 Å². The highest BCUT2D eigenvalue weighted by molar-refractivity contribution is 6.17. The predicted octanol–water partition coefficient (Wildman–Crippen LogP) is 0.444. The van der Waals surface area contributed by atoms with Gasteiger partial charge in [-0.05, 0) is 25.0 Å². The van der Waals surface area contributed by atoms with Crippen LogP contribution in [0.1, 0.15) is 12.8 Å². The molecule has 1 saturated heterocycles. The van der Waals surface area contributed by atoms with Gasteiger partial charge in [-0.1, -0.05) is 6.07 Å². The number of β-amino-alcohol motifs (C(OH)–C–C–N with tert-alkyl or cyclic N) is 1. The first-order valence-corrected chi connectivity index (χ1v) is 8.18. The number of anilines is 2. The molecule has 0 saturated carbocycles. The molecule has 1 aromatic rings. The number of carbonyl (C=O) groups is 2. The lowest BCUT2D eigenvalue weighted by molar-refractivity contribution is -0.137. The zero-order valence-corrected chi connectivity index (χ0v) is 13.6. The average Bonchev–Trinajstić information content (AvgIpc) is 2.85. The van der Waals surface area contributed by atoms with Gasteiger partial charge in [-0.25, -0.2) is 4.39 Å². The van der Waals surface area contributed by atoms with Gasteiger partial charge in [0, 0.05) is 19.2 Å². The second-order valence-corrected chi connectivity index (χ2v) is 6.05. The van der Waals surface area contributed by atoms with E-state index in [4.69, 9.17) is 5.11 Å². The molecule has 0 aliphatic carbocycles. The molecule has 7 nitrogen and oxygen atoms in total. The van der Waals surface area contributed by atoms with E-state index in [1.54, 1.807) is 12.1 Å². The number of imide groups is 1. The summed E-state index contributed by atoms with van der Waals surface area (Å²) in [6.45, 7) is 0.705. The van der Waals surface area contributed by atoms with Crippen molar-refractivity contribution < 1.29 is 24.2 Å². The van der Waals surface area contributed by atoms with E-state index in [-0.39, 0.29) is 30.6 Å². The number of amides is 2. The number of nitrogens with one attached hydrogen (secondary N) is 1. The van der Waals surface area contributed by atoms with E-state index in [0.717, 1.165) is 11.0 Å². The van der Waals surface area contributed by atoms with Crippen LogP contribution in [0.2, 0.25) is 0 Å². The minimum absolute atomic E-state index is 0.0261. The van der Waals surface area contributed by atoms with Crippen LogP contribution in [0.15, 0.2) is 30.0 Å². The van der Waals surface area contributed by atoms with Gasteiger partial charge in [0.25, 0.3) is 11.8 Å². The summed E-state index contributed by atoms with van der Waals surface area (Å²) in [5.41, 5.74) is 0.674. The van der Waals surface area contributed by atoms with Crippen molar-refractivity contribution in [2.75, 3.05) is 36.5 Å². The molecule has 3 rings (SSSR count). The van der Waals surface area contributed by atoms with Crippen LogP contribution in [0.4, 0.5) is 15.8 Å². The number of piperidine rings is 1. The van der Waals surface area contributed by atoms with Crippen molar-refractivity contribution in [3.05, 3.63) is 35.8 Å². The molecule has 0 aromatic heterocycles. The first kappa shape index (κ1) is 17.4. The number of nitrogens with zero attached hydrogens (tertiary/aromatic N) is 2. The first-order chi connectivity index (χ1) is 12.0. The van der Waals surface area contributed by atoms with Crippen LogP contribution in [0, 0.1) is 5.82 Å². The van der Waals surface area contributed by atoms with Gasteiger partial charge in [-0.15, -0.1) is 0 Å². The van der Waals surface area contributed by atoms with Crippen LogP contribution in [0.25, 0.3) is 0 Å². The molecule has 0 atom stereocenters. The van der Waals surface area contributed by atoms with E-state index in [1.807, 2.05) is 4.90 Å². The summed E-state index contributed by atoms with van der Waals surface area (Å²) in [6.07, 6.45) is 1.92. The summed E-state index contributed by atoms with van der Waals surface area (Å²) < 4.78 is 14.4. The molecular formula is C17H20FN3O4. The minimum atomic E-state index is -0.595. The smallest absolute Gasteiger partial charge is 0.277 e. The van der Waals surface area contributed by atoms with Gasteiger partial charge in [0.15, 0.2) is 0 Å². The molecule has 2 amide bonds. The van der Waals surface area contributed by atoms with Crippen molar-refractivity contribution >= 4 is 23.2 Å². The summed E-state index contributed by atoms with van der Waals surface area (Å²) in [7, 11) is 0. The zero-order chi connectivity index (χ0) is 18.0. The molecule has 2 aliphatic heterocycles. The molecular weight excluding hydrogens is 329 g/mol. The van der Waals surface area contributed by atoms with Gasteiger partial charge in [-0.3, -0.25) is 14.5 Å². The van der Waals surface area contributed by atoms with Crippen LogP contribution in [-0.4, -0.2) is 59.3 Å². The lowest BCUT2D eigenvalue weighted by atomic mass is 10.1. The molecule has 8 heteroatoms. The standard InChI is InChI=1S/C17H20FN3O4/c18-12-2-1-3-14(20-6-4-11(23)5-7-20)16(12)19-13-10-15(24)21(8-9-22)17(13)25/h1-3,10-11,19,22-23H,4-9H2. The van der Waals surface area contributed by atoms with Crippen molar-refractivity contribution in [2.24, 2.45) is 0 Å². The molecule has 3 N–H and O–H groups in total. The number of rotatable bonds is 5. The van der Waals surface area contributed by atoms with Crippen molar-refractivity contribution in [1.29, 1.82) is 0 Å². The highest BCUT2D eigenvalue weighted by Gasteiger charge is 2.32. The topological polar surface area (TPSA) is 93.1 Å². The SMILES string of the molecule is O=C1C=C(Nc2c(F)cccc2N2CCC(O)CC2)C(=O)N1CCO. The number of benzene rings is 1. The molecule has 1 aromatic carbocycles. The van der Waals surface area contributed by atoms with Gasteiger partial charge < -0.3 is 20.4 Å². The quantitative estimate of drug-likeness (QED) is 0.668. The summed E-state index contributed by atoms with van der Waals surface area (Å²) in [4.78, 5) is 26.9. The van der Waals surface area contributed by atoms with Crippen molar-refractivity contribution in [1.82, 2.24) is 4.90 Å². The molecule has 2 heterocycles. The average molecular weight is 349 g/mol. The summed E-state index contributed by atoms with van der Waals surface area (Å²) in [6, 6.07) is 4.59. The fourth-order valence-electron chi connectivity index (χ4n) is 3.05. The second-order valence-electron chi connectivity index (χ2n) is 6.05. The van der Waals surface area contributed by atoms with Crippen molar-refractivity contribution in [2.45, 2.75) is 18.9 Å². The maximum atomic E-state index is 14.4. The Balaban J connectivity index is 1.84. The Bertz CT molecular complexity index is 714. The fourth-order valence-corrected chi connectivity index (χ4v) is 3.05. The molecule has 2 aliphatic rings. The number of para-hydroxylation sites is 1. The highest BCUT2D eigenvalue weighted by atomic mass is 19.1. The Hall–Kier alpha value is -2.45. The summed E-state index contributed by atoms with van der Waals surface area (Å²) in [5, 5.41) is 21.3. The number of hydrogen-bond donors (Lipinski definition) is 3. The Labute approximate surface area is 144 Å². The van der Waals surface area contributed by atoms with E-state index in [0.29, 0.717) is 31.6 Å². The van der Waals surface area contributed by atoms with E-state index >= 15 is 0 Å². The number of aliphatic hydroxyl groups is 2. The van der Waals surface area contributed by atoms with Crippen molar-refractivity contribution in [3.8, 4) is 0 Å². The maximum absolute atomic E-state index is 14.4. The largest absolute Gasteiger partial charge is 0.395 e. The van der Waals surface area contributed by atoms with Crippen LogP contribution in [0.3, 0.4) is 0 Å². The fraction of sp³-hybridized carbons (Fsp3) is 0.412. The molecule has 0 spiro atoms. The van der Waals surface area contributed by atoms with Gasteiger partial charge >= 0.3 is 0 Å². The predicted molar refractivity (Wildman–Crippen MR) is 89.4 cm³/mol. The third kappa shape index (κ3) is 3.49. The number of aliphatic hydroxyl groups excluding tert-OH is 2. The van der Waals surface area contributed by atoms with E-state index < -0.39 is 17.6 Å². The molecule has 25 heavy (non-hydrogen) atoms. The van der Waals surface area contributed by atoms with Crippen LogP contribution >= 0.6 is 0 Å². The van der Waals surface area contributed by atoms with E-state index in [2.05, 4.69) is 5.32 Å². The summed E-state index contributed by atoms with van der Waals surface area (Å²) >= 11 is 0. The Morgan fingerprint density at radius 3 is 2.64 bits per heavy atom. The lowest BCUT2D eigenvalue weighted by Crippen LogP contribution is -2.36. The zero-order valence-electron chi connectivity index (χ0n) is 13.6. The van der Waals surface area contributed by atoms with Gasteiger partial charge in [0.2, 0.25) is 0 Å². The van der Waals surface area contributed by atoms with E-state index in [9.17, 15) is 19.1 Å². The lowest BCUT2D eigenvalue weighted by Gasteiger charge is -2.33.